The molecule has 1 aliphatic heterocycles. The van der Waals surface area contributed by atoms with Crippen LogP contribution in [0.25, 0.3) is 0 Å². The molecular formula is C17H27N2+. The van der Waals surface area contributed by atoms with Crippen molar-refractivity contribution in [3.05, 3.63) is 43.0 Å². The van der Waals surface area contributed by atoms with Crippen LogP contribution in [-0.4, -0.2) is 25.2 Å². The molecule has 104 valence electrons. The Balaban J connectivity index is 2.24. The third kappa shape index (κ3) is 3.01. The first kappa shape index (κ1) is 14.1. The van der Waals surface area contributed by atoms with Gasteiger partial charge < -0.3 is 10.2 Å². The fourth-order valence-corrected chi connectivity index (χ4v) is 3.38. The Hall–Kier alpha value is -1.28. The van der Waals surface area contributed by atoms with Gasteiger partial charge in [-0.05, 0) is 25.5 Å². The molecule has 0 bridgehead atoms. The largest absolute Gasteiger partial charge is 0.379 e. The lowest BCUT2D eigenvalue weighted by atomic mass is 9.73. The van der Waals surface area contributed by atoms with E-state index in [1.165, 1.54) is 18.7 Å². The zero-order valence-electron chi connectivity index (χ0n) is 12.4. The van der Waals surface area contributed by atoms with Crippen LogP contribution < -0.4 is 10.2 Å². The van der Waals surface area contributed by atoms with Crippen LogP contribution >= 0.6 is 0 Å². The molecule has 1 fully saturated rings. The third-order valence-electron chi connectivity index (χ3n) is 4.76. The van der Waals surface area contributed by atoms with Gasteiger partial charge in [-0.3, -0.25) is 0 Å². The van der Waals surface area contributed by atoms with Crippen molar-refractivity contribution in [2.45, 2.75) is 38.3 Å². The van der Waals surface area contributed by atoms with Gasteiger partial charge in [0.15, 0.2) is 0 Å². The maximum absolute atomic E-state index is 3.97. The lowest BCUT2D eigenvalue weighted by Gasteiger charge is -2.47. The number of quaternary nitrogens is 1. The second kappa shape index (κ2) is 5.79. The molecule has 1 saturated heterocycles. The summed E-state index contributed by atoms with van der Waals surface area (Å²) in [5, 5.41) is 3.81. The lowest BCUT2D eigenvalue weighted by Crippen LogP contribution is -3.15. The molecule has 0 amide bonds. The Morgan fingerprint density at radius 3 is 2.68 bits per heavy atom. The first-order chi connectivity index (χ1) is 9.07. The average molecular weight is 259 g/mol. The summed E-state index contributed by atoms with van der Waals surface area (Å²) in [7, 11) is 2.31. The van der Waals surface area contributed by atoms with Gasteiger partial charge in [0.25, 0.3) is 0 Å². The summed E-state index contributed by atoms with van der Waals surface area (Å²) in [6, 6.07) is 11.3. The molecule has 1 aliphatic rings. The van der Waals surface area contributed by atoms with Gasteiger partial charge in [0.2, 0.25) is 0 Å². The topological polar surface area (TPSA) is 16.5 Å². The van der Waals surface area contributed by atoms with Gasteiger partial charge in [-0.1, -0.05) is 31.2 Å². The summed E-state index contributed by atoms with van der Waals surface area (Å²) in [5.41, 5.74) is 1.38. The van der Waals surface area contributed by atoms with Crippen LogP contribution in [0.4, 0.5) is 5.69 Å². The maximum atomic E-state index is 3.97. The van der Waals surface area contributed by atoms with E-state index in [0.717, 1.165) is 6.42 Å². The Bertz CT molecular complexity index is 415. The van der Waals surface area contributed by atoms with E-state index < -0.39 is 0 Å². The Morgan fingerprint density at radius 1 is 1.37 bits per heavy atom. The van der Waals surface area contributed by atoms with Crippen LogP contribution in [0.3, 0.4) is 0 Å². The highest BCUT2D eigenvalue weighted by Gasteiger charge is 2.44. The van der Waals surface area contributed by atoms with E-state index in [1.54, 1.807) is 4.90 Å². The highest BCUT2D eigenvalue weighted by molar-refractivity contribution is 5.46. The van der Waals surface area contributed by atoms with Crippen molar-refractivity contribution < 1.29 is 4.90 Å². The second-order valence-corrected chi connectivity index (χ2v) is 6.20. The number of nitrogens with one attached hydrogen (secondary N) is 2. The van der Waals surface area contributed by atoms with Crippen LogP contribution in [0, 0.1) is 5.92 Å². The van der Waals surface area contributed by atoms with Crippen LogP contribution in [0.15, 0.2) is 43.0 Å². The number of hydrogen-bond acceptors (Lipinski definition) is 1. The molecule has 0 aromatic heterocycles. The summed E-state index contributed by atoms with van der Waals surface area (Å²) in [6.07, 6.45) is 4.29. The summed E-state index contributed by atoms with van der Waals surface area (Å²) < 4.78 is 0. The molecule has 0 radical (unpaired) electrons. The van der Waals surface area contributed by atoms with Gasteiger partial charge in [0.05, 0.1) is 25.2 Å². The van der Waals surface area contributed by atoms with Gasteiger partial charge in [-0.2, -0.15) is 0 Å². The number of hydrogen-bond donors (Lipinski definition) is 2. The molecular weight excluding hydrogens is 232 g/mol. The molecule has 19 heavy (non-hydrogen) atoms. The van der Waals surface area contributed by atoms with E-state index >= 15 is 0 Å². The third-order valence-corrected chi connectivity index (χ3v) is 4.76. The Labute approximate surface area is 117 Å². The van der Waals surface area contributed by atoms with E-state index in [0.29, 0.717) is 12.0 Å². The van der Waals surface area contributed by atoms with Crippen molar-refractivity contribution in [2.75, 3.05) is 18.9 Å². The second-order valence-electron chi connectivity index (χ2n) is 6.20. The standard InChI is InChI=1S/C17H26N2/c1-5-11-17(18-16-9-7-6-8-10-16)12-15(3)19(4)13-14(17)2/h5-10,14-15,18H,1,11-13H2,2-4H3/p+1/t14-,15+,17-/m0/s1. The number of anilines is 1. The molecule has 2 heteroatoms. The monoisotopic (exact) mass is 259 g/mol. The fraction of sp³-hybridized carbons (Fsp3) is 0.529. The van der Waals surface area contributed by atoms with Crippen molar-refractivity contribution >= 4 is 5.69 Å². The molecule has 1 heterocycles. The molecule has 2 N–H and O–H groups in total. The number of para-hydroxylation sites is 1. The highest BCUT2D eigenvalue weighted by Crippen LogP contribution is 2.33. The zero-order chi connectivity index (χ0) is 13.9. The predicted molar refractivity (Wildman–Crippen MR) is 82.6 cm³/mol. The molecule has 1 aromatic carbocycles. The van der Waals surface area contributed by atoms with E-state index in [-0.39, 0.29) is 5.54 Å². The summed E-state index contributed by atoms with van der Waals surface area (Å²) >= 11 is 0. The molecule has 0 saturated carbocycles. The zero-order valence-corrected chi connectivity index (χ0v) is 12.4. The predicted octanol–water partition coefficient (Wildman–Crippen LogP) is 2.36. The van der Waals surface area contributed by atoms with E-state index in [9.17, 15) is 0 Å². The van der Waals surface area contributed by atoms with Gasteiger partial charge in [0, 0.05) is 18.0 Å². The van der Waals surface area contributed by atoms with Gasteiger partial charge in [0.1, 0.15) is 0 Å². The maximum Gasteiger partial charge on any atom is 0.0867 e. The molecule has 0 spiro atoms. The number of piperidine rings is 1. The van der Waals surface area contributed by atoms with Crippen LogP contribution in [0.2, 0.25) is 0 Å². The van der Waals surface area contributed by atoms with Gasteiger partial charge in [-0.15, -0.1) is 6.58 Å². The smallest absolute Gasteiger partial charge is 0.0867 e. The number of likely N-dealkylation sites (tertiary alicyclic amines) is 1. The van der Waals surface area contributed by atoms with Crippen molar-refractivity contribution in [3.8, 4) is 0 Å². The van der Waals surface area contributed by atoms with Crippen molar-refractivity contribution in [1.29, 1.82) is 0 Å². The summed E-state index contributed by atoms with van der Waals surface area (Å²) in [6.45, 7) is 9.91. The van der Waals surface area contributed by atoms with Crippen LogP contribution in [-0.2, 0) is 0 Å². The lowest BCUT2D eigenvalue weighted by molar-refractivity contribution is -0.914. The summed E-state index contributed by atoms with van der Waals surface area (Å²) in [4.78, 5) is 1.64. The van der Waals surface area contributed by atoms with Crippen LogP contribution in [0.5, 0.6) is 0 Å². The highest BCUT2D eigenvalue weighted by atomic mass is 15.2. The molecule has 2 nitrogen and oxygen atoms in total. The Kier molecular flexibility index (Phi) is 4.31. The van der Waals surface area contributed by atoms with Crippen molar-refractivity contribution in [3.63, 3.8) is 0 Å². The van der Waals surface area contributed by atoms with E-state index in [4.69, 9.17) is 0 Å². The van der Waals surface area contributed by atoms with E-state index in [1.807, 2.05) is 0 Å². The molecule has 4 atom stereocenters. The molecule has 1 unspecified atom stereocenters. The normalized spacial score (nSPS) is 34.8. The van der Waals surface area contributed by atoms with Crippen molar-refractivity contribution in [2.24, 2.45) is 5.92 Å². The molecule has 0 aliphatic carbocycles. The van der Waals surface area contributed by atoms with Crippen molar-refractivity contribution in [1.82, 2.24) is 0 Å². The van der Waals surface area contributed by atoms with Crippen LogP contribution in [0.1, 0.15) is 26.7 Å². The molecule has 1 aromatic rings. The van der Waals surface area contributed by atoms with E-state index in [2.05, 4.69) is 69.2 Å². The SMILES string of the molecule is C=CC[C@]1(Nc2ccccc2)C[C@@H](C)[NH+](C)C[C@@H]1C. The fourth-order valence-electron chi connectivity index (χ4n) is 3.38. The Morgan fingerprint density at radius 2 is 2.05 bits per heavy atom. The number of benzene rings is 1. The number of rotatable bonds is 4. The summed E-state index contributed by atoms with van der Waals surface area (Å²) in [5.74, 6) is 0.641. The minimum absolute atomic E-state index is 0.155. The van der Waals surface area contributed by atoms with Gasteiger partial charge in [-0.25, -0.2) is 0 Å². The van der Waals surface area contributed by atoms with Gasteiger partial charge >= 0.3 is 0 Å². The first-order valence-electron chi connectivity index (χ1n) is 7.34. The quantitative estimate of drug-likeness (QED) is 0.794. The first-order valence-corrected chi connectivity index (χ1v) is 7.34. The minimum atomic E-state index is 0.155. The average Bonchev–Trinajstić information content (AvgIpc) is 2.38. The minimum Gasteiger partial charge on any atom is -0.379 e. The molecule has 2 rings (SSSR count).